The van der Waals surface area contributed by atoms with Crippen LogP contribution in [0.3, 0.4) is 0 Å². The summed E-state index contributed by atoms with van der Waals surface area (Å²) >= 11 is 0. The Morgan fingerprint density at radius 3 is 2.86 bits per heavy atom. The molecule has 1 amide bonds. The fraction of sp³-hybridized carbons (Fsp3) is 0.600. The maximum absolute atomic E-state index is 14.3. The second kappa shape index (κ2) is 7.36. The number of likely N-dealkylation sites (tertiary alicyclic amines) is 1. The molecule has 0 spiro atoms. The van der Waals surface area contributed by atoms with E-state index in [9.17, 15) is 9.18 Å². The van der Waals surface area contributed by atoms with E-state index in [1.165, 1.54) is 12.3 Å². The largest absolute Gasteiger partial charge is 0.384 e. The molecule has 5 nitrogen and oxygen atoms in total. The monoisotopic (exact) mass is 295 g/mol. The lowest BCUT2D eigenvalue weighted by Crippen LogP contribution is -2.39. The van der Waals surface area contributed by atoms with Crippen molar-refractivity contribution in [3.8, 4) is 0 Å². The summed E-state index contributed by atoms with van der Waals surface area (Å²) in [5.74, 6) is -0.204. The van der Waals surface area contributed by atoms with Gasteiger partial charge in [-0.25, -0.2) is 9.37 Å². The first-order valence-corrected chi connectivity index (χ1v) is 7.34. The van der Waals surface area contributed by atoms with Gasteiger partial charge in [0, 0.05) is 39.5 Å². The number of methoxy groups -OCH3 is 1. The highest BCUT2D eigenvalue weighted by molar-refractivity contribution is 5.95. The Morgan fingerprint density at radius 1 is 1.52 bits per heavy atom. The molecule has 6 heteroatoms. The van der Waals surface area contributed by atoms with Gasteiger partial charge in [-0.3, -0.25) is 4.79 Å². The highest BCUT2D eigenvalue weighted by Crippen LogP contribution is 2.22. The number of carbonyl (C=O) groups is 1. The molecule has 0 bridgehead atoms. The number of rotatable bonds is 5. The molecule has 0 radical (unpaired) electrons. The number of hydrogen-bond acceptors (Lipinski definition) is 4. The van der Waals surface area contributed by atoms with E-state index in [-0.39, 0.29) is 17.3 Å². The van der Waals surface area contributed by atoms with Crippen LogP contribution in [0.1, 0.15) is 30.1 Å². The van der Waals surface area contributed by atoms with Gasteiger partial charge in [0.1, 0.15) is 0 Å². The van der Waals surface area contributed by atoms with Gasteiger partial charge in [-0.05, 0) is 31.7 Å². The van der Waals surface area contributed by atoms with Crippen LogP contribution >= 0.6 is 0 Å². The second-order valence-corrected chi connectivity index (χ2v) is 5.24. The number of nitrogens with zero attached hydrogens (tertiary/aromatic N) is 2. The molecule has 1 aliphatic heterocycles. The number of halogens is 1. The predicted molar refractivity (Wildman–Crippen MR) is 78.9 cm³/mol. The molecule has 21 heavy (non-hydrogen) atoms. The lowest BCUT2D eigenvalue weighted by Gasteiger charge is -2.31. The fourth-order valence-electron chi connectivity index (χ4n) is 2.61. The summed E-state index contributed by atoms with van der Waals surface area (Å²) in [5.41, 5.74) is 0.0890. The van der Waals surface area contributed by atoms with Crippen molar-refractivity contribution in [3.63, 3.8) is 0 Å². The molecule has 2 heterocycles. The highest BCUT2D eigenvalue weighted by Gasteiger charge is 2.26. The van der Waals surface area contributed by atoms with Crippen molar-refractivity contribution < 1.29 is 13.9 Å². The van der Waals surface area contributed by atoms with Gasteiger partial charge in [-0.15, -0.1) is 0 Å². The van der Waals surface area contributed by atoms with Gasteiger partial charge in [0.05, 0.1) is 5.56 Å². The number of ether oxygens (including phenoxy) is 1. The zero-order chi connectivity index (χ0) is 15.2. The van der Waals surface area contributed by atoms with E-state index in [2.05, 4.69) is 10.3 Å². The standard InChI is InChI=1S/C15H22FN3O2/c1-3-17-14-13(16)12(4-7-18-14)15(20)19-8-5-11(6-9-19)10-21-2/h4,7,11H,3,5-6,8-10H2,1-2H3,(H,17,18). The summed E-state index contributed by atoms with van der Waals surface area (Å²) in [6, 6.07) is 1.44. The Hall–Kier alpha value is -1.69. The number of pyridine rings is 1. The number of aromatic nitrogens is 1. The van der Waals surface area contributed by atoms with Crippen LogP contribution in [-0.4, -0.2) is 49.1 Å². The van der Waals surface area contributed by atoms with Gasteiger partial charge >= 0.3 is 0 Å². The number of amides is 1. The van der Waals surface area contributed by atoms with Gasteiger partial charge in [0.2, 0.25) is 0 Å². The summed E-state index contributed by atoms with van der Waals surface area (Å²) in [5, 5.41) is 2.82. The predicted octanol–water partition coefficient (Wildman–Crippen LogP) is 2.15. The molecule has 0 aromatic carbocycles. The molecule has 0 unspecified atom stereocenters. The van der Waals surface area contributed by atoms with E-state index in [0.717, 1.165) is 19.4 Å². The van der Waals surface area contributed by atoms with Crippen molar-refractivity contribution in [2.45, 2.75) is 19.8 Å². The molecule has 1 saturated heterocycles. The van der Waals surface area contributed by atoms with Gasteiger partial charge in [0.25, 0.3) is 5.91 Å². The Morgan fingerprint density at radius 2 is 2.24 bits per heavy atom. The molecule has 1 fully saturated rings. The van der Waals surface area contributed by atoms with Crippen LogP contribution in [0.4, 0.5) is 10.2 Å². The summed E-state index contributed by atoms with van der Waals surface area (Å²) < 4.78 is 19.4. The van der Waals surface area contributed by atoms with E-state index in [0.29, 0.717) is 25.6 Å². The normalized spacial score (nSPS) is 16.0. The first-order valence-electron chi connectivity index (χ1n) is 7.34. The van der Waals surface area contributed by atoms with E-state index in [1.807, 2.05) is 6.92 Å². The fourth-order valence-corrected chi connectivity index (χ4v) is 2.61. The van der Waals surface area contributed by atoms with Crippen LogP contribution < -0.4 is 5.32 Å². The molecule has 116 valence electrons. The third kappa shape index (κ3) is 3.69. The summed E-state index contributed by atoms with van der Waals surface area (Å²) in [4.78, 5) is 18.1. The number of piperidine rings is 1. The first kappa shape index (κ1) is 15.7. The average Bonchev–Trinajstić information content (AvgIpc) is 2.50. The summed E-state index contributed by atoms with van der Waals surface area (Å²) in [7, 11) is 1.69. The van der Waals surface area contributed by atoms with Crippen molar-refractivity contribution in [2.75, 3.05) is 38.7 Å². The number of carbonyl (C=O) groups excluding carboxylic acids is 1. The molecule has 2 rings (SSSR count). The van der Waals surface area contributed by atoms with E-state index in [1.54, 1.807) is 12.0 Å². The van der Waals surface area contributed by atoms with Gasteiger partial charge in [-0.1, -0.05) is 0 Å². The molecule has 0 saturated carbocycles. The Labute approximate surface area is 124 Å². The Bertz CT molecular complexity index is 488. The van der Waals surface area contributed by atoms with Crippen LogP contribution in [0.2, 0.25) is 0 Å². The summed E-state index contributed by atoms with van der Waals surface area (Å²) in [6.45, 7) is 4.42. The van der Waals surface area contributed by atoms with Gasteiger partial charge < -0.3 is 15.0 Å². The average molecular weight is 295 g/mol. The molecule has 1 aromatic rings. The van der Waals surface area contributed by atoms with E-state index < -0.39 is 5.82 Å². The maximum atomic E-state index is 14.3. The van der Waals surface area contributed by atoms with E-state index in [4.69, 9.17) is 4.74 Å². The van der Waals surface area contributed by atoms with Gasteiger partial charge in [0.15, 0.2) is 11.6 Å². The minimum absolute atomic E-state index is 0.0890. The first-order chi connectivity index (χ1) is 10.2. The zero-order valence-corrected chi connectivity index (χ0v) is 12.6. The quantitative estimate of drug-likeness (QED) is 0.904. The topological polar surface area (TPSA) is 54.5 Å². The lowest BCUT2D eigenvalue weighted by atomic mass is 9.97. The Kier molecular flexibility index (Phi) is 5.50. The van der Waals surface area contributed by atoms with Crippen LogP contribution in [0.5, 0.6) is 0 Å². The molecule has 1 N–H and O–H groups in total. The SMILES string of the molecule is CCNc1nccc(C(=O)N2CCC(COC)CC2)c1F. The zero-order valence-electron chi connectivity index (χ0n) is 12.6. The van der Waals surface area contributed by atoms with Crippen molar-refractivity contribution in [1.29, 1.82) is 0 Å². The second-order valence-electron chi connectivity index (χ2n) is 5.24. The van der Waals surface area contributed by atoms with Crippen molar-refractivity contribution in [1.82, 2.24) is 9.88 Å². The van der Waals surface area contributed by atoms with Crippen molar-refractivity contribution >= 4 is 11.7 Å². The maximum Gasteiger partial charge on any atom is 0.257 e. The lowest BCUT2D eigenvalue weighted by molar-refractivity contribution is 0.0609. The van der Waals surface area contributed by atoms with Crippen LogP contribution in [0.15, 0.2) is 12.3 Å². The number of hydrogen-bond donors (Lipinski definition) is 1. The van der Waals surface area contributed by atoms with Crippen LogP contribution in [0, 0.1) is 11.7 Å². The third-order valence-corrected chi connectivity index (χ3v) is 3.77. The highest BCUT2D eigenvalue weighted by atomic mass is 19.1. The number of nitrogens with one attached hydrogen (secondary N) is 1. The molecular weight excluding hydrogens is 273 g/mol. The van der Waals surface area contributed by atoms with Crippen molar-refractivity contribution in [2.24, 2.45) is 5.92 Å². The smallest absolute Gasteiger partial charge is 0.257 e. The molecule has 0 atom stereocenters. The van der Waals surface area contributed by atoms with Gasteiger partial charge in [-0.2, -0.15) is 0 Å². The molecule has 1 aliphatic rings. The molecular formula is C15H22FN3O2. The van der Waals surface area contributed by atoms with Crippen LogP contribution in [0.25, 0.3) is 0 Å². The molecule has 1 aromatic heterocycles. The third-order valence-electron chi connectivity index (χ3n) is 3.77. The minimum Gasteiger partial charge on any atom is -0.384 e. The summed E-state index contributed by atoms with van der Waals surface area (Å²) in [6.07, 6.45) is 3.25. The van der Waals surface area contributed by atoms with Crippen LogP contribution in [-0.2, 0) is 4.74 Å². The van der Waals surface area contributed by atoms with E-state index >= 15 is 0 Å². The molecule has 0 aliphatic carbocycles. The minimum atomic E-state index is -0.566. The number of anilines is 1. The van der Waals surface area contributed by atoms with Crippen molar-refractivity contribution in [3.05, 3.63) is 23.6 Å². The Balaban J connectivity index is 2.06.